The van der Waals surface area contributed by atoms with E-state index in [0.717, 1.165) is 16.9 Å². The van der Waals surface area contributed by atoms with E-state index in [9.17, 15) is 9.59 Å². The molecule has 0 fully saturated rings. The Morgan fingerprint density at radius 3 is 2.61 bits per heavy atom. The average molecular weight is 379 g/mol. The normalized spacial score (nSPS) is 10.8. The third-order valence-electron chi connectivity index (χ3n) is 4.61. The van der Waals surface area contributed by atoms with Crippen LogP contribution in [-0.2, 0) is 11.3 Å². The van der Waals surface area contributed by atoms with Crippen molar-refractivity contribution < 1.29 is 9.53 Å². The van der Waals surface area contributed by atoms with Gasteiger partial charge in [0, 0.05) is 20.0 Å². The van der Waals surface area contributed by atoms with E-state index < -0.39 is 0 Å². The Balaban J connectivity index is 1.52. The van der Waals surface area contributed by atoms with Crippen LogP contribution in [0.3, 0.4) is 0 Å². The predicted molar refractivity (Wildman–Crippen MR) is 110 cm³/mol. The number of amides is 1. The zero-order valence-electron chi connectivity index (χ0n) is 16.5. The first-order valence-electron chi connectivity index (χ1n) is 9.33. The molecular formula is C22H25N3O3. The smallest absolute Gasteiger partial charge is 0.261 e. The molecule has 0 aliphatic heterocycles. The highest BCUT2D eigenvalue weighted by molar-refractivity contribution is 5.77. The molecule has 1 amide bonds. The summed E-state index contributed by atoms with van der Waals surface area (Å²) in [6.07, 6.45) is 1.74. The van der Waals surface area contributed by atoms with Crippen LogP contribution in [0.4, 0.5) is 0 Å². The molecule has 0 unspecified atom stereocenters. The van der Waals surface area contributed by atoms with Crippen molar-refractivity contribution in [3.05, 3.63) is 70.3 Å². The number of rotatable bonds is 7. The molecule has 3 rings (SSSR count). The largest absolute Gasteiger partial charge is 0.492 e. The quantitative estimate of drug-likeness (QED) is 0.633. The average Bonchev–Trinajstić information content (AvgIpc) is 2.66. The molecule has 0 radical (unpaired) electrons. The number of hydrogen-bond donors (Lipinski definition) is 0. The van der Waals surface area contributed by atoms with Gasteiger partial charge in [0.15, 0.2) is 0 Å². The van der Waals surface area contributed by atoms with Crippen molar-refractivity contribution >= 4 is 16.8 Å². The number of hydrogen-bond acceptors (Lipinski definition) is 4. The van der Waals surface area contributed by atoms with E-state index in [1.165, 1.54) is 10.9 Å². The summed E-state index contributed by atoms with van der Waals surface area (Å²) in [7, 11) is 1.74. The minimum atomic E-state index is -0.126. The van der Waals surface area contributed by atoms with Crippen LogP contribution >= 0.6 is 0 Å². The molecule has 0 aliphatic carbocycles. The molecule has 6 nitrogen and oxygen atoms in total. The van der Waals surface area contributed by atoms with Crippen LogP contribution in [0.25, 0.3) is 10.9 Å². The summed E-state index contributed by atoms with van der Waals surface area (Å²) in [5.41, 5.74) is 2.83. The van der Waals surface area contributed by atoms with Crippen LogP contribution in [0.2, 0.25) is 0 Å². The van der Waals surface area contributed by atoms with Crippen molar-refractivity contribution in [3.63, 3.8) is 0 Å². The number of aromatic nitrogens is 2. The van der Waals surface area contributed by atoms with Gasteiger partial charge in [0.05, 0.1) is 23.8 Å². The minimum absolute atomic E-state index is 0.0379. The van der Waals surface area contributed by atoms with Gasteiger partial charge in [0.2, 0.25) is 5.91 Å². The highest BCUT2D eigenvalue weighted by atomic mass is 16.5. The van der Waals surface area contributed by atoms with Gasteiger partial charge in [-0.25, -0.2) is 4.98 Å². The molecule has 0 N–H and O–H groups in total. The Morgan fingerprint density at radius 2 is 1.86 bits per heavy atom. The third-order valence-corrected chi connectivity index (χ3v) is 4.61. The second kappa shape index (κ2) is 8.69. The number of benzene rings is 2. The van der Waals surface area contributed by atoms with E-state index in [1.54, 1.807) is 24.1 Å². The molecule has 2 aromatic carbocycles. The maximum atomic E-state index is 12.5. The molecule has 0 saturated heterocycles. The van der Waals surface area contributed by atoms with Gasteiger partial charge in [-0.2, -0.15) is 0 Å². The van der Waals surface area contributed by atoms with Crippen molar-refractivity contribution in [1.29, 1.82) is 0 Å². The van der Waals surface area contributed by atoms with Crippen LogP contribution in [0.1, 0.15) is 17.5 Å². The number of nitrogens with zero attached hydrogens (tertiary/aromatic N) is 3. The van der Waals surface area contributed by atoms with Crippen LogP contribution in [0, 0.1) is 13.8 Å². The van der Waals surface area contributed by atoms with E-state index in [1.807, 2.05) is 38.1 Å². The first-order chi connectivity index (χ1) is 13.4. The topological polar surface area (TPSA) is 64.4 Å². The van der Waals surface area contributed by atoms with E-state index in [0.29, 0.717) is 30.6 Å². The van der Waals surface area contributed by atoms with Gasteiger partial charge in [0.25, 0.3) is 5.56 Å². The minimum Gasteiger partial charge on any atom is -0.492 e. The molecule has 3 aromatic rings. The number of para-hydroxylation sites is 1. The van der Waals surface area contributed by atoms with Gasteiger partial charge in [-0.3, -0.25) is 14.2 Å². The maximum Gasteiger partial charge on any atom is 0.261 e. The lowest BCUT2D eigenvalue weighted by molar-refractivity contribution is -0.130. The molecule has 0 bridgehead atoms. The molecule has 1 aromatic heterocycles. The molecule has 0 atom stereocenters. The van der Waals surface area contributed by atoms with E-state index in [2.05, 4.69) is 11.1 Å². The Bertz CT molecular complexity index is 1020. The highest BCUT2D eigenvalue weighted by Crippen LogP contribution is 2.16. The Hall–Kier alpha value is -3.15. The summed E-state index contributed by atoms with van der Waals surface area (Å²) in [5, 5.41) is 0.563. The summed E-state index contributed by atoms with van der Waals surface area (Å²) in [5.74, 6) is 0.774. The first kappa shape index (κ1) is 19.6. The number of fused-ring (bicyclic) bond motifs is 1. The van der Waals surface area contributed by atoms with E-state index in [4.69, 9.17) is 4.74 Å². The van der Waals surface area contributed by atoms with Gasteiger partial charge in [0.1, 0.15) is 12.4 Å². The molecular weight excluding hydrogens is 354 g/mol. The molecule has 1 heterocycles. The molecule has 0 saturated carbocycles. The lowest BCUT2D eigenvalue weighted by Gasteiger charge is -2.18. The van der Waals surface area contributed by atoms with Gasteiger partial charge in [-0.05, 0) is 49.2 Å². The summed E-state index contributed by atoms with van der Waals surface area (Å²) in [6, 6.07) is 13.3. The van der Waals surface area contributed by atoms with Gasteiger partial charge >= 0.3 is 0 Å². The fraction of sp³-hybridized carbons (Fsp3) is 0.318. The van der Waals surface area contributed by atoms with Crippen molar-refractivity contribution in [2.75, 3.05) is 20.2 Å². The SMILES string of the molecule is Cc1cc(C)cc(OCCN(C)C(=O)CCn2cnc3ccccc3c2=O)c1. The zero-order valence-corrected chi connectivity index (χ0v) is 16.5. The summed E-state index contributed by atoms with van der Waals surface area (Å²) in [4.78, 5) is 30.8. The van der Waals surface area contributed by atoms with Gasteiger partial charge < -0.3 is 9.64 Å². The standard InChI is InChI=1S/C22H25N3O3/c1-16-12-17(2)14-18(13-16)28-11-10-24(3)21(26)8-9-25-15-23-20-7-5-4-6-19(20)22(25)27/h4-7,12-15H,8-11H2,1-3H3. The van der Waals surface area contributed by atoms with Crippen LogP contribution < -0.4 is 10.3 Å². The lowest BCUT2D eigenvalue weighted by atomic mass is 10.1. The number of aryl methyl sites for hydroxylation is 3. The maximum absolute atomic E-state index is 12.5. The fourth-order valence-corrected chi connectivity index (χ4v) is 3.11. The number of carbonyl (C=O) groups excluding carboxylic acids is 1. The Labute approximate surface area is 164 Å². The molecule has 0 aliphatic rings. The van der Waals surface area contributed by atoms with Crippen molar-refractivity contribution in [2.45, 2.75) is 26.8 Å². The highest BCUT2D eigenvalue weighted by Gasteiger charge is 2.11. The van der Waals surface area contributed by atoms with E-state index >= 15 is 0 Å². The molecule has 0 spiro atoms. The zero-order chi connectivity index (χ0) is 20.1. The lowest BCUT2D eigenvalue weighted by Crippen LogP contribution is -2.32. The van der Waals surface area contributed by atoms with Crippen LogP contribution in [0.15, 0.2) is 53.6 Å². The molecule has 146 valence electrons. The van der Waals surface area contributed by atoms with Gasteiger partial charge in [-0.1, -0.05) is 18.2 Å². The first-order valence-corrected chi connectivity index (χ1v) is 9.33. The fourth-order valence-electron chi connectivity index (χ4n) is 3.11. The van der Waals surface area contributed by atoms with E-state index in [-0.39, 0.29) is 17.9 Å². The van der Waals surface area contributed by atoms with Crippen molar-refractivity contribution in [1.82, 2.24) is 14.5 Å². The monoisotopic (exact) mass is 379 g/mol. The Kier molecular flexibility index (Phi) is 6.09. The third kappa shape index (κ3) is 4.76. The van der Waals surface area contributed by atoms with Crippen LogP contribution in [-0.4, -0.2) is 40.6 Å². The predicted octanol–water partition coefficient (Wildman–Crippen LogP) is 2.94. The Morgan fingerprint density at radius 1 is 1.14 bits per heavy atom. The summed E-state index contributed by atoms with van der Waals surface area (Å²) < 4.78 is 7.25. The summed E-state index contributed by atoms with van der Waals surface area (Å²) >= 11 is 0. The number of carbonyl (C=O) groups is 1. The van der Waals surface area contributed by atoms with Crippen molar-refractivity contribution in [2.24, 2.45) is 0 Å². The van der Waals surface area contributed by atoms with Gasteiger partial charge in [-0.15, -0.1) is 0 Å². The number of ether oxygens (including phenoxy) is 1. The molecule has 28 heavy (non-hydrogen) atoms. The summed E-state index contributed by atoms with van der Waals surface area (Å²) in [6.45, 7) is 5.26. The second-order valence-corrected chi connectivity index (χ2v) is 7.00. The van der Waals surface area contributed by atoms with Crippen molar-refractivity contribution in [3.8, 4) is 5.75 Å². The second-order valence-electron chi connectivity index (χ2n) is 7.00. The molecule has 6 heteroatoms. The van der Waals surface area contributed by atoms with Crippen LogP contribution in [0.5, 0.6) is 5.75 Å². The number of likely N-dealkylation sites (N-methyl/N-ethyl adjacent to an activating group) is 1.